The number of furan rings is 1. The van der Waals surface area contributed by atoms with Crippen LogP contribution in [0.1, 0.15) is 24.9 Å². The van der Waals surface area contributed by atoms with E-state index in [9.17, 15) is 9.59 Å². The number of benzene rings is 1. The SMILES string of the molecule is CC(=O)CCc1oc(=O)c2cc(Cl)ccc2c1-c1ccc(C)o1. The molecule has 3 aromatic rings. The summed E-state index contributed by atoms with van der Waals surface area (Å²) in [7, 11) is 0. The fourth-order valence-electron chi connectivity index (χ4n) is 2.58. The van der Waals surface area contributed by atoms with Gasteiger partial charge in [0.05, 0.1) is 10.9 Å². The van der Waals surface area contributed by atoms with Crippen LogP contribution in [-0.2, 0) is 11.2 Å². The molecular formula is C18H15ClO4. The molecule has 0 fully saturated rings. The van der Waals surface area contributed by atoms with Crippen molar-refractivity contribution in [3.8, 4) is 11.3 Å². The third kappa shape index (κ3) is 3.08. The Labute approximate surface area is 137 Å². The van der Waals surface area contributed by atoms with Gasteiger partial charge in [-0.2, -0.15) is 0 Å². The molecule has 0 aliphatic heterocycles. The van der Waals surface area contributed by atoms with Gasteiger partial charge < -0.3 is 13.6 Å². The second kappa shape index (κ2) is 6.05. The Kier molecular flexibility index (Phi) is 4.09. The molecule has 0 spiro atoms. The first-order valence-corrected chi connectivity index (χ1v) is 7.65. The van der Waals surface area contributed by atoms with Gasteiger partial charge in [-0.25, -0.2) is 4.79 Å². The van der Waals surface area contributed by atoms with Crippen LogP contribution in [0.5, 0.6) is 0 Å². The van der Waals surface area contributed by atoms with Gasteiger partial charge in [-0.1, -0.05) is 17.7 Å². The summed E-state index contributed by atoms with van der Waals surface area (Å²) < 4.78 is 11.2. The van der Waals surface area contributed by atoms with Crippen LogP contribution in [0.25, 0.3) is 22.1 Å². The molecule has 3 rings (SSSR count). The number of carbonyl (C=O) groups excluding carboxylic acids is 1. The molecule has 0 N–H and O–H groups in total. The van der Waals surface area contributed by atoms with Gasteiger partial charge in [0.25, 0.3) is 0 Å². The highest BCUT2D eigenvalue weighted by Gasteiger charge is 2.18. The van der Waals surface area contributed by atoms with E-state index >= 15 is 0 Å². The number of fused-ring (bicyclic) bond motifs is 1. The van der Waals surface area contributed by atoms with Crippen molar-refractivity contribution in [2.45, 2.75) is 26.7 Å². The van der Waals surface area contributed by atoms with Crippen LogP contribution in [0, 0.1) is 6.92 Å². The number of rotatable bonds is 4. The third-order valence-corrected chi connectivity index (χ3v) is 3.89. The zero-order valence-electron chi connectivity index (χ0n) is 12.8. The van der Waals surface area contributed by atoms with E-state index in [2.05, 4.69) is 0 Å². The summed E-state index contributed by atoms with van der Waals surface area (Å²) in [5, 5.41) is 1.56. The lowest BCUT2D eigenvalue weighted by atomic mass is 10.0. The molecular weight excluding hydrogens is 316 g/mol. The maximum atomic E-state index is 12.2. The average Bonchev–Trinajstić information content (AvgIpc) is 2.92. The molecule has 0 saturated heterocycles. The van der Waals surface area contributed by atoms with Gasteiger partial charge in [-0.3, -0.25) is 0 Å². The molecule has 0 unspecified atom stereocenters. The first kappa shape index (κ1) is 15.6. The van der Waals surface area contributed by atoms with Crippen molar-refractivity contribution in [3.63, 3.8) is 0 Å². The number of hydrogen-bond donors (Lipinski definition) is 0. The largest absolute Gasteiger partial charge is 0.461 e. The Morgan fingerprint density at radius 3 is 2.57 bits per heavy atom. The van der Waals surface area contributed by atoms with E-state index in [1.165, 1.54) is 6.92 Å². The molecule has 0 aliphatic rings. The summed E-state index contributed by atoms with van der Waals surface area (Å²) >= 11 is 5.99. The van der Waals surface area contributed by atoms with Crippen LogP contribution < -0.4 is 5.63 Å². The molecule has 0 amide bonds. The lowest BCUT2D eigenvalue weighted by Crippen LogP contribution is -2.06. The Balaban J connectivity index is 2.30. The summed E-state index contributed by atoms with van der Waals surface area (Å²) in [5.74, 6) is 1.85. The molecule has 5 heteroatoms. The quantitative estimate of drug-likeness (QED) is 0.704. The maximum absolute atomic E-state index is 12.2. The highest BCUT2D eigenvalue weighted by molar-refractivity contribution is 6.31. The minimum atomic E-state index is -0.465. The Morgan fingerprint density at radius 2 is 1.91 bits per heavy atom. The Hall–Kier alpha value is -2.33. The first-order valence-electron chi connectivity index (χ1n) is 7.27. The predicted octanol–water partition coefficient (Wildman–Crippen LogP) is 4.54. The van der Waals surface area contributed by atoms with Gasteiger partial charge in [0.15, 0.2) is 0 Å². The van der Waals surface area contributed by atoms with Crippen LogP contribution in [0.2, 0.25) is 5.02 Å². The van der Waals surface area contributed by atoms with Crippen molar-refractivity contribution in [1.29, 1.82) is 0 Å². The van der Waals surface area contributed by atoms with Crippen molar-refractivity contribution in [2.75, 3.05) is 0 Å². The zero-order chi connectivity index (χ0) is 16.6. The van der Waals surface area contributed by atoms with Gasteiger partial charge in [0.2, 0.25) is 0 Å². The van der Waals surface area contributed by atoms with Gasteiger partial charge in [0.1, 0.15) is 23.1 Å². The molecule has 0 saturated carbocycles. The van der Waals surface area contributed by atoms with E-state index in [1.807, 2.05) is 19.1 Å². The first-order chi connectivity index (χ1) is 11.0. The normalized spacial score (nSPS) is 11.1. The monoisotopic (exact) mass is 330 g/mol. The van der Waals surface area contributed by atoms with E-state index in [-0.39, 0.29) is 5.78 Å². The molecule has 1 aromatic carbocycles. The highest BCUT2D eigenvalue weighted by atomic mass is 35.5. The topological polar surface area (TPSA) is 60.4 Å². The maximum Gasteiger partial charge on any atom is 0.343 e. The molecule has 0 atom stereocenters. The van der Waals surface area contributed by atoms with E-state index in [0.29, 0.717) is 45.7 Å². The van der Waals surface area contributed by atoms with Crippen LogP contribution in [0.4, 0.5) is 0 Å². The third-order valence-electron chi connectivity index (χ3n) is 3.66. The molecule has 0 bridgehead atoms. The fraction of sp³-hybridized carbons (Fsp3) is 0.222. The number of Topliss-reactive ketones (excluding diaryl/α,β-unsaturated/α-hetero) is 1. The fourth-order valence-corrected chi connectivity index (χ4v) is 2.75. The minimum absolute atomic E-state index is 0.0328. The molecule has 23 heavy (non-hydrogen) atoms. The Morgan fingerprint density at radius 1 is 1.13 bits per heavy atom. The summed E-state index contributed by atoms with van der Waals surface area (Å²) in [6, 6.07) is 8.75. The van der Waals surface area contributed by atoms with Gasteiger partial charge >= 0.3 is 5.63 Å². The summed E-state index contributed by atoms with van der Waals surface area (Å²) in [6.07, 6.45) is 0.646. The lowest BCUT2D eigenvalue weighted by Gasteiger charge is -2.09. The number of halogens is 1. The van der Waals surface area contributed by atoms with Crippen molar-refractivity contribution < 1.29 is 13.6 Å². The van der Waals surface area contributed by atoms with E-state index in [4.69, 9.17) is 20.4 Å². The summed E-state index contributed by atoms with van der Waals surface area (Å²) in [5.41, 5.74) is 0.235. The van der Waals surface area contributed by atoms with E-state index < -0.39 is 5.63 Å². The van der Waals surface area contributed by atoms with Crippen LogP contribution in [0.3, 0.4) is 0 Å². The second-order valence-electron chi connectivity index (χ2n) is 5.49. The van der Waals surface area contributed by atoms with Crippen molar-refractivity contribution in [3.05, 3.63) is 57.3 Å². The summed E-state index contributed by atoms with van der Waals surface area (Å²) in [4.78, 5) is 23.5. The predicted molar refractivity (Wildman–Crippen MR) is 88.9 cm³/mol. The van der Waals surface area contributed by atoms with Crippen LogP contribution >= 0.6 is 11.6 Å². The standard InChI is InChI=1S/C18H15ClO4/c1-10(20)3-7-16-17(15-8-4-11(2)22-15)13-6-5-12(19)9-14(13)18(21)23-16/h4-6,8-9H,3,7H2,1-2H3. The highest BCUT2D eigenvalue weighted by Crippen LogP contribution is 2.33. The van der Waals surface area contributed by atoms with Gasteiger partial charge in [-0.05, 0) is 38.1 Å². The summed E-state index contributed by atoms with van der Waals surface area (Å²) in [6.45, 7) is 3.35. The average molecular weight is 331 g/mol. The number of aryl methyl sites for hydroxylation is 2. The number of ketones is 1. The molecule has 2 aromatic heterocycles. The lowest BCUT2D eigenvalue weighted by molar-refractivity contribution is -0.117. The molecule has 0 radical (unpaired) electrons. The van der Waals surface area contributed by atoms with Gasteiger partial charge in [-0.15, -0.1) is 0 Å². The second-order valence-corrected chi connectivity index (χ2v) is 5.93. The smallest absolute Gasteiger partial charge is 0.343 e. The zero-order valence-corrected chi connectivity index (χ0v) is 13.6. The van der Waals surface area contributed by atoms with Crippen molar-refractivity contribution in [1.82, 2.24) is 0 Å². The minimum Gasteiger partial charge on any atom is -0.461 e. The van der Waals surface area contributed by atoms with Crippen LogP contribution in [0.15, 0.2) is 44.0 Å². The number of hydrogen-bond acceptors (Lipinski definition) is 4. The number of carbonyl (C=O) groups is 1. The van der Waals surface area contributed by atoms with Crippen LogP contribution in [-0.4, -0.2) is 5.78 Å². The molecule has 2 heterocycles. The molecule has 4 nitrogen and oxygen atoms in total. The van der Waals surface area contributed by atoms with E-state index in [0.717, 1.165) is 5.76 Å². The molecule has 118 valence electrons. The van der Waals surface area contributed by atoms with Crippen molar-refractivity contribution >= 4 is 28.2 Å². The van der Waals surface area contributed by atoms with Gasteiger partial charge in [0, 0.05) is 23.3 Å². The van der Waals surface area contributed by atoms with Crippen molar-refractivity contribution in [2.24, 2.45) is 0 Å². The molecule has 0 aliphatic carbocycles. The van der Waals surface area contributed by atoms with E-state index in [1.54, 1.807) is 18.2 Å². The Bertz CT molecular complexity index is 949.